The van der Waals surface area contributed by atoms with Crippen molar-refractivity contribution >= 4 is 7.26 Å². The van der Waals surface area contributed by atoms with Gasteiger partial charge in [0.15, 0.2) is 0 Å². The second kappa shape index (κ2) is 2.81. The van der Waals surface area contributed by atoms with Crippen molar-refractivity contribution in [3.05, 3.63) is 0 Å². The van der Waals surface area contributed by atoms with Crippen molar-refractivity contribution in [1.82, 2.24) is 0 Å². The van der Waals surface area contributed by atoms with Crippen LogP contribution in [0.1, 0.15) is 32.1 Å². The first-order valence-corrected chi connectivity index (χ1v) is 7.74. The molecule has 0 bridgehead atoms. The Kier molecular flexibility index (Phi) is 2.00. The summed E-state index contributed by atoms with van der Waals surface area (Å²) in [4.78, 5) is 0. The molecule has 0 aliphatic carbocycles. The summed E-state index contributed by atoms with van der Waals surface area (Å²) in [5, 5.41) is 0. The molecule has 60 valence electrons. The summed E-state index contributed by atoms with van der Waals surface area (Å²) in [5.41, 5.74) is 0. The van der Waals surface area contributed by atoms with Gasteiger partial charge in [-0.15, -0.1) is 0 Å². The quantitative estimate of drug-likeness (QED) is 0.475. The second-order valence-corrected chi connectivity index (χ2v) is 9.27. The van der Waals surface area contributed by atoms with Gasteiger partial charge in [0.25, 0.3) is 0 Å². The first-order chi connectivity index (χ1) is 4.91. The fourth-order valence-electron chi connectivity index (χ4n) is 2.93. The molecular weight excluding hydrogens is 139 g/mol. The molecule has 0 N–H and O–H groups in total. The normalized spacial score (nSPS) is 34.4. The minimum atomic E-state index is -0.519. The maximum atomic E-state index is 1.70. The van der Waals surface area contributed by atoms with Crippen molar-refractivity contribution in [2.45, 2.75) is 32.1 Å². The van der Waals surface area contributed by atoms with E-state index in [2.05, 4.69) is 0 Å². The van der Waals surface area contributed by atoms with Crippen LogP contribution in [0.5, 0.6) is 0 Å². The predicted octanol–water partition coefficient (Wildman–Crippen LogP) is 2.71. The van der Waals surface area contributed by atoms with Crippen LogP contribution in [0.2, 0.25) is 0 Å². The summed E-state index contributed by atoms with van der Waals surface area (Å²) < 4.78 is 0. The first kappa shape index (κ1) is 7.10. The Labute approximate surface area is 64.7 Å². The molecule has 0 aromatic carbocycles. The van der Waals surface area contributed by atoms with Gasteiger partial charge in [-0.05, 0) is 0 Å². The average Bonchev–Trinajstić information content (AvgIpc) is 2.39. The zero-order valence-corrected chi connectivity index (χ0v) is 7.86. The maximum absolute atomic E-state index is 1.70. The third kappa shape index (κ3) is 1.23. The molecule has 10 heavy (non-hydrogen) atoms. The molecule has 2 aliphatic heterocycles. The standard InChI is InChI=1S/C9H19P/c1-2-6-10(7-3-1)8-4-5-9-10/h10H,1-9H2. The van der Waals surface area contributed by atoms with E-state index in [9.17, 15) is 0 Å². The molecule has 2 fully saturated rings. The monoisotopic (exact) mass is 158 g/mol. The summed E-state index contributed by atoms with van der Waals surface area (Å²) in [5.74, 6) is 0. The summed E-state index contributed by atoms with van der Waals surface area (Å²) in [7, 11) is -0.519. The van der Waals surface area contributed by atoms with Crippen LogP contribution in [0.25, 0.3) is 0 Å². The van der Waals surface area contributed by atoms with E-state index in [1.54, 1.807) is 56.8 Å². The molecule has 0 nitrogen and oxygen atoms in total. The second-order valence-electron chi connectivity index (χ2n) is 4.27. The van der Waals surface area contributed by atoms with Crippen molar-refractivity contribution in [3.63, 3.8) is 0 Å². The van der Waals surface area contributed by atoms with E-state index in [1.807, 2.05) is 0 Å². The summed E-state index contributed by atoms with van der Waals surface area (Å²) in [6.07, 6.45) is 14.7. The first-order valence-electron chi connectivity index (χ1n) is 4.91. The fourth-order valence-corrected chi connectivity index (χ4v) is 8.43. The summed E-state index contributed by atoms with van der Waals surface area (Å²) >= 11 is 0. The molecule has 2 heterocycles. The zero-order valence-electron chi connectivity index (χ0n) is 6.86. The van der Waals surface area contributed by atoms with Gasteiger partial charge >= 0.3 is 64.0 Å². The van der Waals surface area contributed by atoms with E-state index in [4.69, 9.17) is 0 Å². The molecule has 2 saturated heterocycles. The molecule has 1 heteroatoms. The number of hydrogen-bond acceptors (Lipinski definition) is 0. The molecule has 2 aliphatic rings. The molecule has 0 unspecified atom stereocenters. The van der Waals surface area contributed by atoms with Crippen LogP contribution in [-0.4, -0.2) is 24.6 Å². The molecule has 0 amide bonds. The molecule has 2 rings (SSSR count). The third-order valence-electron chi connectivity index (χ3n) is 3.58. The van der Waals surface area contributed by atoms with Crippen molar-refractivity contribution in [2.24, 2.45) is 0 Å². The van der Waals surface area contributed by atoms with Gasteiger partial charge in [-0.2, -0.15) is 0 Å². The summed E-state index contributed by atoms with van der Waals surface area (Å²) in [6, 6.07) is 0. The molecule has 0 atom stereocenters. The van der Waals surface area contributed by atoms with Gasteiger partial charge in [-0.3, -0.25) is 0 Å². The van der Waals surface area contributed by atoms with Gasteiger partial charge in [0.05, 0.1) is 0 Å². The van der Waals surface area contributed by atoms with Gasteiger partial charge in [0.1, 0.15) is 0 Å². The van der Waals surface area contributed by atoms with E-state index in [0.29, 0.717) is 0 Å². The van der Waals surface area contributed by atoms with Crippen LogP contribution in [-0.2, 0) is 0 Å². The van der Waals surface area contributed by atoms with E-state index >= 15 is 0 Å². The Morgan fingerprint density at radius 1 is 0.500 bits per heavy atom. The van der Waals surface area contributed by atoms with Gasteiger partial charge in [-0.1, -0.05) is 0 Å². The van der Waals surface area contributed by atoms with Crippen LogP contribution in [0.4, 0.5) is 0 Å². The SMILES string of the molecule is C1CC[PH]2(CC1)CCCC2. The fraction of sp³-hybridized carbons (Fsp3) is 1.00. The van der Waals surface area contributed by atoms with Crippen LogP contribution in [0, 0.1) is 0 Å². The Morgan fingerprint density at radius 3 is 1.40 bits per heavy atom. The topological polar surface area (TPSA) is 0 Å². The van der Waals surface area contributed by atoms with E-state index in [1.165, 1.54) is 0 Å². The van der Waals surface area contributed by atoms with E-state index in [-0.39, 0.29) is 0 Å². The predicted molar refractivity (Wildman–Crippen MR) is 50.9 cm³/mol. The third-order valence-corrected chi connectivity index (χ3v) is 9.24. The van der Waals surface area contributed by atoms with Gasteiger partial charge in [0.2, 0.25) is 0 Å². The molecule has 0 aromatic heterocycles. The summed E-state index contributed by atoms with van der Waals surface area (Å²) in [6.45, 7) is 0. The van der Waals surface area contributed by atoms with Crippen LogP contribution in [0.3, 0.4) is 0 Å². The van der Waals surface area contributed by atoms with E-state index < -0.39 is 7.26 Å². The van der Waals surface area contributed by atoms with Crippen LogP contribution >= 0.6 is 7.26 Å². The average molecular weight is 158 g/mol. The van der Waals surface area contributed by atoms with Gasteiger partial charge in [0, 0.05) is 0 Å². The van der Waals surface area contributed by atoms with E-state index in [0.717, 1.165) is 0 Å². The van der Waals surface area contributed by atoms with Crippen molar-refractivity contribution in [3.8, 4) is 0 Å². The number of rotatable bonds is 0. The molecule has 0 aromatic rings. The Balaban J connectivity index is 1.98. The Hall–Kier alpha value is 0.430. The molecular formula is C9H19P. The van der Waals surface area contributed by atoms with Gasteiger partial charge in [-0.25, -0.2) is 0 Å². The Morgan fingerprint density at radius 2 is 0.900 bits per heavy atom. The number of hydrogen-bond donors (Lipinski definition) is 0. The molecule has 1 spiro atoms. The van der Waals surface area contributed by atoms with Crippen LogP contribution in [0.15, 0.2) is 0 Å². The minimum absolute atomic E-state index is 0.519. The van der Waals surface area contributed by atoms with Crippen molar-refractivity contribution in [2.75, 3.05) is 24.6 Å². The molecule has 0 saturated carbocycles. The Bertz CT molecular complexity index is 106. The zero-order chi connectivity index (χ0) is 6.86. The van der Waals surface area contributed by atoms with Crippen molar-refractivity contribution < 1.29 is 0 Å². The van der Waals surface area contributed by atoms with Crippen molar-refractivity contribution in [1.29, 1.82) is 0 Å². The van der Waals surface area contributed by atoms with Gasteiger partial charge < -0.3 is 0 Å². The van der Waals surface area contributed by atoms with Crippen LogP contribution < -0.4 is 0 Å². The molecule has 0 radical (unpaired) electrons.